The predicted molar refractivity (Wildman–Crippen MR) is 126 cm³/mol. The Morgan fingerprint density at radius 1 is 1.00 bits per heavy atom. The van der Waals surface area contributed by atoms with E-state index in [4.69, 9.17) is 11.6 Å². The lowest BCUT2D eigenvalue weighted by molar-refractivity contribution is 0.209. The fourth-order valence-electron chi connectivity index (χ4n) is 3.34. The quantitative estimate of drug-likeness (QED) is 0.621. The molecule has 31 heavy (non-hydrogen) atoms. The minimum atomic E-state index is -3.99. The van der Waals surface area contributed by atoms with Crippen LogP contribution >= 0.6 is 22.9 Å². The zero-order valence-electron chi connectivity index (χ0n) is 17.9. The first-order valence-corrected chi connectivity index (χ1v) is 13.9. The van der Waals surface area contributed by atoms with E-state index in [-0.39, 0.29) is 8.42 Å². The Balaban J connectivity index is 1.88. The maximum absolute atomic E-state index is 13.0. The van der Waals surface area contributed by atoms with Gasteiger partial charge in [0.2, 0.25) is 0 Å². The lowest BCUT2D eigenvalue weighted by Gasteiger charge is -2.39. The van der Waals surface area contributed by atoms with Crippen molar-refractivity contribution in [1.29, 1.82) is 0 Å². The zero-order chi connectivity index (χ0) is 23.0. The summed E-state index contributed by atoms with van der Waals surface area (Å²) in [5, 5.41) is 0.459. The largest absolute Gasteiger partial charge is 0.366 e. The molecule has 3 rings (SSSR count). The van der Waals surface area contributed by atoms with Crippen LogP contribution in [0, 0.1) is 0 Å². The molecule has 2 aromatic rings. The topological polar surface area (TPSA) is 90.0 Å². The monoisotopic (exact) mass is 506 g/mol. The van der Waals surface area contributed by atoms with E-state index in [2.05, 4.69) is 28.4 Å². The first kappa shape index (κ1) is 24.3. The van der Waals surface area contributed by atoms with Crippen molar-refractivity contribution in [2.24, 2.45) is 0 Å². The van der Waals surface area contributed by atoms with Gasteiger partial charge in [0.05, 0.1) is 16.4 Å². The second kappa shape index (κ2) is 9.24. The summed E-state index contributed by atoms with van der Waals surface area (Å²) in [6, 6.07) is 8.13. The highest BCUT2D eigenvalue weighted by molar-refractivity contribution is 7.96. The molecule has 172 valence electrons. The van der Waals surface area contributed by atoms with E-state index >= 15 is 0 Å². The molecule has 1 aromatic heterocycles. The molecule has 1 aromatic carbocycles. The molecule has 1 aliphatic rings. The maximum atomic E-state index is 13.0. The lowest BCUT2D eigenvalue weighted by atomic mass is 10.2. The standard InChI is InChI=1S/C19H27ClN4O4S3/c1-14(2)23-10-12-24(13-11-23)19-15(20)6-5-7-16(19)21-30(25,26)17-8-9-18(29-17)31(27,28)22(3)4/h5-9,14,21H,10-13H2,1-4H3. The van der Waals surface area contributed by atoms with Crippen LogP contribution in [-0.4, -0.2) is 72.4 Å². The molecule has 2 heterocycles. The second-order valence-electron chi connectivity index (χ2n) is 7.72. The Hall–Kier alpha value is -1.37. The summed E-state index contributed by atoms with van der Waals surface area (Å²) in [5.41, 5.74) is 1.00. The van der Waals surface area contributed by atoms with Gasteiger partial charge < -0.3 is 4.90 Å². The van der Waals surface area contributed by atoms with Crippen LogP contribution in [0.4, 0.5) is 11.4 Å². The van der Waals surface area contributed by atoms with Gasteiger partial charge in [0.1, 0.15) is 8.42 Å². The molecule has 0 amide bonds. The van der Waals surface area contributed by atoms with Crippen LogP contribution in [0.15, 0.2) is 38.8 Å². The summed E-state index contributed by atoms with van der Waals surface area (Å²) in [4.78, 5) is 4.44. The van der Waals surface area contributed by atoms with Gasteiger partial charge in [-0.1, -0.05) is 17.7 Å². The number of para-hydroxylation sites is 1. The molecule has 1 fully saturated rings. The highest BCUT2D eigenvalue weighted by atomic mass is 35.5. The van der Waals surface area contributed by atoms with Crippen LogP contribution in [0.25, 0.3) is 0 Å². The number of thiophene rings is 1. The SMILES string of the molecule is CC(C)N1CCN(c2c(Cl)cccc2NS(=O)(=O)c2ccc(S(=O)(=O)N(C)C)s2)CC1. The van der Waals surface area contributed by atoms with Crippen LogP contribution < -0.4 is 9.62 Å². The first-order valence-electron chi connectivity index (χ1n) is 9.76. The van der Waals surface area contributed by atoms with Gasteiger partial charge in [-0.05, 0) is 38.1 Å². The van der Waals surface area contributed by atoms with Crippen molar-refractivity contribution in [3.8, 4) is 0 Å². The van der Waals surface area contributed by atoms with Gasteiger partial charge in [0.15, 0.2) is 0 Å². The van der Waals surface area contributed by atoms with Gasteiger partial charge in [0, 0.05) is 46.3 Å². The van der Waals surface area contributed by atoms with Crippen molar-refractivity contribution in [1.82, 2.24) is 9.21 Å². The van der Waals surface area contributed by atoms with Gasteiger partial charge >= 0.3 is 0 Å². The summed E-state index contributed by atoms with van der Waals surface area (Å²) < 4.78 is 54.2. The summed E-state index contributed by atoms with van der Waals surface area (Å²) in [6.07, 6.45) is 0. The van der Waals surface area contributed by atoms with Crippen molar-refractivity contribution in [2.45, 2.75) is 28.3 Å². The summed E-state index contributed by atoms with van der Waals surface area (Å²) in [7, 11) is -4.90. The number of halogens is 1. The predicted octanol–water partition coefficient (Wildman–Crippen LogP) is 2.98. The third-order valence-electron chi connectivity index (χ3n) is 5.15. The maximum Gasteiger partial charge on any atom is 0.271 e. The Labute approximate surface area is 193 Å². The van der Waals surface area contributed by atoms with E-state index in [1.54, 1.807) is 18.2 Å². The Morgan fingerprint density at radius 2 is 1.61 bits per heavy atom. The molecule has 1 aliphatic heterocycles. The molecule has 1 N–H and O–H groups in total. The highest BCUT2D eigenvalue weighted by Gasteiger charge is 2.27. The Kier molecular flexibility index (Phi) is 7.24. The average Bonchev–Trinajstić information content (AvgIpc) is 3.20. The van der Waals surface area contributed by atoms with Crippen molar-refractivity contribution >= 4 is 54.4 Å². The van der Waals surface area contributed by atoms with E-state index in [1.165, 1.54) is 26.2 Å². The number of nitrogens with zero attached hydrogens (tertiary/aromatic N) is 3. The van der Waals surface area contributed by atoms with E-state index in [0.717, 1.165) is 30.5 Å². The highest BCUT2D eigenvalue weighted by Crippen LogP contribution is 2.37. The molecular weight excluding hydrogens is 480 g/mol. The van der Waals surface area contributed by atoms with Crippen LogP contribution in [0.5, 0.6) is 0 Å². The summed E-state index contributed by atoms with van der Waals surface area (Å²) in [6.45, 7) is 7.45. The van der Waals surface area contributed by atoms with E-state index in [1.807, 2.05) is 0 Å². The molecule has 0 atom stereocenters. The molecule has 8 nitrogen and oxygen atoms in total. The molecule has 0 unspecified atom stereocenters. The molecule has 0 bridgehead atoms. The van der Waals surface area contributed by atoms with Crippen molar-refractivity contribution in [2.75, 3.05) is 49.9 Å². The van der Waals surface area contributed by atoms with Crippen molar-refractivity contribution in [3.63, 3.8) is 0 Å². The number of hydrogen-bond acceptors (Lipinski definition) is 7. The first-order chi connectivity index (χ1) is 14.4. The molecule has 0 saturated carbocycles. The number of sulfonamides is 2. The van der Waals surface area contributed by atoms with Crippen LogP contribution in [0.2, 0.25) is 5.02 Å². The fourth-order valence-corrected chi connectivity index (χ4v) is 7.64. The van der Waals surface area contributed by atoms with Gasteiger partial charge in [-0.15, -0.1) is 11.3 Å². The smallest absolute Gasteiger partial charge is 0.271 e. The van der Waals surface area contributed by atoms with Crippen molar-refractivity contribution < 1.29 is 16.8 Å². The second-order valence-corrected chi connectivity index (χ2v) is 13.5. The number of piperazine rings is 1. The third kappa shape index (κ3) is 5.18. The Bertz CT molecular complexity index is 1140. The van der Waals surface area contributed by atoms with Crippen LogP contribution in [-0.2, 0) is 20.0 Å². The van der Waals surface area contributed by atoms with E-state index in [9.17, 15) is 16.8 Å². The third-order valence-corrected chi connectivity index (χ3v) is 10.7. The molecular formula is C19H27ClN4O4S3. The Morgan fingerprint density at radius 3 is 2.19 bits per heavy atom. The number of anilines is 2. The number of hydrogen-bond donors (Lipinski definition) is 1. The average molecular weight is 507 g/mol. The fraction of sp³-hybridized carbons (Fsp3) is 0.474. The summed E-state index contributed by atoms with van der Waals surface area (Å²) >= 11 is 7.17. The molecule has 1 saturated heterocycles. The van der Waals surface area contributed by atoms with E-state index < -0.39 is 20.0 Å². The normalized spacial score (nSPS) is 16.3. The number of rotatable bonds is 7. The number of nitrogens with one attached hydrogen (secondary N) is 1. The van der Waals surface area contributed by atoms with Crippen LogP contribution in [0.1, 0.15) is 13.8 Å². The summed E-state index contributed by atoms with van der Waals surface area (Å²) in [5.74, 6) is 0. The minimum absolute atomic E-state index is 0.0333. The molecule has 12 heteroatoms. The van der Waals surface area contributed by atoms with E-state index in [0.29, 0.717) is 33.8 Å². The van der Waals surface area contributed by atoms with Gasteiger partial charge in [-0.3, -0.25) is 9.62 Å². The van der Waals surface area contributed by atoms with Gasteiger partial charge in [-0.25, -0.2) is 21.1 Å². The number of benzene rings is 1. The molecule has 0 spiro atoms. The van der Waals surface area contributed by atoms with Crippen LogP contribution in [0.3, 0.4) is 0 Å². The lowest BCUT2D eigenvalue weighted by Crippen LogP contribution is -2.49. The van der Waals surface area contributed by atoms with Gasteiger partial charge in [0.25, 0.3) is 20.0 Å². The minimum Gasteiger partial charge on any atom is -0.366 e. The van der Waals surface area contributed by atoms with Gasteiger partial charge in [-0.2, -0.15) is 0 Å². The zero-order valence-corrected chi connectivity index (χ0v) is 21.1. The molecule has 0 aliphatic carbocycles. The van der Waals surface area contributed by atoms with Crippen molar-refractivity contribution in [3.05, 3.63) is 35.4 Å². The molecule has 0 radical (unpaired) electrons.